The molecule has 2 N–H and O–H groups in total. The number of nitrogens with zero attached hydrogens (tertiary/aromatic N) is 1. The van der Waals surface area contributed by atoms with Crippen LogP contribution in [-0.4, -0.2) is 16.7 Å². The summed E-state index contributed by atoms with van der Waals surface area (Å²) < 4.78 is 2.35. The van der Waals surface area contributed by atoms with E-state index in [1.54, 1.807) is 0 Å². The zero-order chi connectivity index (χ0) is 15.1. The van der Waals surface area contributed by atoms with Gasteiger partial charge >= 0.3 is 0 Å². The largest absolute Gasteiger partial charge is 0.396 e. The van der Waals surface area contributed by atoms with E-state index in [2.05, 4.69) is 59.1 Å². The van der Waals surface area contributed by atoms with Crippen LogP contribution in [0.2, 0.25) is 0 Å². The summed E-state index contributed by atoms with van der Waals surface area (Å²) in [7, 11) is 0. The van der Waals surface area contributed by atoms with Crippen molar-refractivity contribution >= 4 is 21.8 Å². The van der Waals surface area contributed by atoms with Crippen molar-refractivity contribution < 1.29 is 9.67 Å². The molecule has 0 saturated heterocycles. The van der Waals surface area contributed by atoms with E-state index in [1.807, 2.05) is 0 Å². The number of benzene rings is 1. The number of aliphatic hydroxyl groups is 1. The fourth-order valence-electron chi connectivity index (χ4n) is 3.79. The van der Waals surface area contributed by atoms with Crippen LogP contribution in [0.3, 0.4) is 0 Å². The number of allylic oxidation sites excluding steroid dienone is 2. The van der Waals surface area contributed by atoms with Crippen LogP contribution in [0, 0.1) is 5.92 Å². The standard InChI is InChI=1S/C19H20N2O/c1-2-13-12-21-9-7-16-15-5-3-4-6-17(15)20-19(16)18(21)11-14(13)8-10-22/h2-7,9,14,22H,8,10-12H2,1H3/p+1/b13-2-. The number of fused-ring (bicyclic) bond motifs is 5. The third-order valence-electron chi connectivity index (χ3n) is 4.97. The van der Waals surface area contributed by atoms with Crippen LogP contribution in [0.15, 0.2) is 48.2 Å². The van der Waals surface area contributed by atoms with Crippen LogP contribution >= 0.6 is 0 Å². The molecule has 3 aromatic rings. The van der Waals surface area contributed by atoms with Crippen molar-refractivity contribution in [3.05, 3.63) is 53.9 Å². The average molecular weight is 293 g/mol. The maximum Gasteiger partial charge on any atom is 0.206 e. The van der Waals surface area contributed by atoms with Crippen LogP contribution in [-0.2, 0) is 13.0 Å². The summed E-state index contributed by atoms with van der Waals surface area (Å²) >= 11 is 0. The highest BCUT2D eigenvalue weighted by Crippen LogP contribution is 2.31. The third-order valence-corrected chi connectivity index (χ3v) is 4.97. The van der Waals surface area contributed by atoms with E-state index in [-0.39, 0.29) is 6.61 Å². The van der Waals surface area contributed by atoms with Gasteiger partial charge in [-0.05, 0) is 30.9 Å². The number of H-pyrrole nitrogens is 1. The van der Waals surface area contributed by atoms with E-state index in [4.69, 9.17) is 0 Å². The summed E-state index contributed by atoms with van der Waals surface area (Å²) in [5.74, 6) is 0.451. The first-order chi connectivity index (χ1) is 10.8. The molecule has 0 bridgehead atoms. The second-order valence-electron chi connectivity index (χ2n) is 6.13. The Bertz CT molecular complexity index is 876. The van der Waals surface area contributed by atoms with Gasteiger partial charge in [0.25, 0.3) is 0 Å². The Morgan fingerprint density at radius 1 is 1.27 bits per heavy atom. The molecule has 3 nitrogen and oxygen atoms in total. The van der Waals surface area contributed by atoms with Crippen LogP contribution in [0.25, 0.3) is 21.8 Å². The Labute approximate surface area is 129 Å². The quantitative estimate of drug-likeness (QED) is 0.553. The number of aromatic nitrogens is 2. The average Bonchev–Trinajstić information content (AvgIpc) is 2.93. The minimum Gasteiger partial charge on any atom is -0.396 e. The lowest BCUT2D eigenvalue weighted by Gasteiger charge is -2.22. The van der Waals surface area contributed by atoms with Crippen molar-refractivity contribution in [3.8, 4) is 0 Å². The first kappa shape index (κ1) is 13.5. The van der Waals surface area contributed by atoms with Gasteiger partial charge in [0.05, 0.1) is 0 Å². The normalized spacial score (nSPS) is 19.9. The number of aliphatic hydroxyl groups excluding tert-OH is 1. The van der Waals surface area contributed by atoms with Crippen molar-refractivity contribution in [2.75, 3.05) is 6.61 Å². The molecule has 1 atom stereocenters. The van der Waals surface area contributed by atoms with Crippen LogP contribution in [0.4, 0.5) is 0 Å². The number of hydrogen-bond donors (Lipinski definition) is 2. The Morgan fingerprint density at radius 3 is 2.95 bits per heavy atom. The molecule has 22 heavy (non-hydrogen) atoms. The van der Waals surface area contributed by atoms with E-state index in [9.17, 15) is 5.11 Å². The molecule has 2 aromatic heterocycles. The zero-order valence-electron chi connectivity index (χ0n) is 12.8. The van der Waals surface area contributed by atoms with E-state index in [1.165, 1.54) is 33.1 Å². The van der Waals surface area contributed by atoms with Gasteiger partial charge in [0.15, 0.2) is 12.7 Å². The molecule has 4 rings (SSSR count). The van der Waals surface area contributed by atoms with Gasteiger partial charge in [-0.3, -0.25) is 0 Å². The molecule has 3 heteroatoms. The molecule has 0 aliphatic carbocycles. The lowest BCUT2D eigenvalue weighted by Crippen LogP contribution is -2.45. The molecule has 112 valence electrons. The van der Waals surface area contributed by atoms with Crippen molar-refractivity contribution in [2.45, 2.75) is 26.3 Å². The van der Waals surface area contributed by atoms with Crippen LogP contribution in [0.5, 0.6) is 0 Å². The Hall–Kier alpha value is -2.13. The van der Waals surface area contributed by atoms with Crippen LogP contribution < -0.4 is 4.57 Å². The second kappa shape index (κ2) is 5.25. The minimum atomic E-state index is 0.255. The van der Waals surface area contributed by atoms with E-state index >= 15 is 0 Å². The highest BCUT2D eigenvalue weighted by molar-refractivity contribution is 6.07. The molecule has 3 heterocycles. The van der Waals surface area contributed by atoms with Gasteiger partial charge in [-0.25, -0.2) is 0 Å². The summed E-state index contributed by atoms with van der Waals surface area (Å²) in [6.45, 7) is 3.29. The van der Waals surface area contributed by atoms with E-state index < -0.39 is 0 Å². The van der Waals surface area contributed by atoms with Gasteiger partial charge in [-0.1, -0.05) is 24.3 Å². The lowest BCUT2D eigenvalue weighted by atomic mass is 9.87. The SMILES string of the molecule is C/C=C1/C[n+]2ccc3c([nH]c4ccccc43)c2CC1CCO. The van der Waals surface area contributed by atoms with Crippen molar-refractivity contribution in [1.82, 2.24) is 4.98 Å². The number of nitrogens with one attached hydrogen (secondary N) is 1. The van der Waals surface area contributed by atoms with E-state index in [0.29, 0.717) is 5.92 Å². The minimum absolute atomic E-state index is 0.255. The predicted molar refractivity (Wildman–Crippen MR) is 88.7 cm³/mol. The van der Waals surface area contributed by atoms with E-state index in [0.717, 1.165) is 19.4 Å². The number of rotatable bonds is 2. The van der Waals surface area contributed by atoms with Crippen molar-refractivity contribution in [3.63, 3.8) is 0 Å². The van der Waals surface area contributed by atoms with Gasteiger partial charge in [0, 0.05) is 35.4 Å². The molecule has 0 saturated carbocycles. The summed E-state index contributed by atoms with van der Waals surface area (Å²) in [6.07, 6.45) is 6.25. The summed E-state index contributed by atoms with van der Waals surface area (Å²) in [4.78, 5) is 3.60. The molecule has 0 spiro atoms. The Kier molecular flexibility index (Phi) is 3.23. The Balaban J connectivity index is 1.93. The first-order valence-corrected chi connectivity index (χ1v) is 7.99. The maximum atomic E-state index is 9.37. The highest BCUT2D eigenvalue weighted by atomic mass is 16.3. The molecule has 1 aromatic carbocycles. The van der Waals surface area contributed by atoms with Gasteiger partial charge in [0.1, 0.15) is 5.52 Å². The number of aromatic amines is 1. The number of para-hydroxylation sites is 1. The van der Waals surface area contributed by atoms with Crippen LogP contribution in [0.1, 0.15) is 19.0 Å². The van der Waals surface area contributed by atoms with Gasteiger partial charge in [-0.2, -0.15) is 4.57 Å². The molecule has 0 radical (unpaired) electrons. The van der Waals surface area contributed by atoms with Crippen molar-refractivity contribution in [1.29, 1.82) is 0 Å². The molecular formula is C19H21N2O+. The number of pyridine rings is 1. The fraction of sp³-hybridized carbons (Fsp3) is 0.316. The topological polar surface area (TPSA) is 39.9 Å². The molecule has 1 aliphatic heterocycles. The smallest absolute Gasteiger partial charge is 0.206 e. The lowest BCUT2D eigenvalue weighted by molar-refractivity contribution is -0.700. The van der Waals surface area contributed by atoms with Gasteiger partial charge in [0.2, 0.25) is 5.69 Å². The fourth-order valence-corrected chi connectivity index (χ4v) is 3.79. The van der Waals surface area contributed by atoms with Crippen molar-refractivity contribution in [2.24, 2.45) is 5.92 Å². The zero-order valence-corrected chi connectivity index (χ0v) is 12.8. The first-order valence-electron chi connectivity index (χ1n) is 7.99. The summed E-state index contributed by atoms with van der Waals surface area (Å²) in [5.41, 5.74) is 5.24. The predicted octanol–water partition coefficient (Wildman–Crippen LogP) is 3.11. The monoisotopic (exact) mass is 293 g/mol. The Morgan fingerprint density at radius 2 is 2.14 bits per heavy atom. The molecule has 1 aliphatic rings. The second-order valence-corrected chi connectivity index (χ2v) is 6.13. The van der Waals surface area contributed by atoms with Gasteiger partial charge < -0.3 is 10.1 Å². The summed E-state index contributed by atoms with van der Waals surface area (Å²) in [5, 5.41) is 12.0. The molecular weight excluding hydrogens is 272 g/mol. The highest BCUT2D eigenvalue weighted by Gasteiger charge is 2.30. The third kappa shape index (κ3) is 1.97. The molecule has 1 unspecified atom stereocenters. The number of hydrogen-bond acceptors (Lipinski definition) is 1. The van der Waals surface area contributed by atoms with Gasteiger partial charge in [-0.15, -0.1) is 0 Å². The summed E-state index contributed by atoms with van der Waals surface area (Å²) in [6, 6.07) is 10.7. The molecule has 0 fully saturated rings. The molecule has 0 amide bonds. The maximum absolute atomic E-state index is 9.37.